The Balaban J connectivity index is 2.20. The van der Waals surface area contributed by atoms with Crippen LogP contribution in [0.15, 0.2) is 6.33 Å². The van der Waals surface area contributed by atoms with Crippen molar-refractivity contribution in [3.05, 3.63) is 16.4 Å². The second kappa shape index (κ2) is 5.78. The predicted molar refractivity (Wildman–Crippen MR) is 77.7 cm³/mol. The molecule has 9 nitrogen and oxygen atoms in total. The van der Waals surface area contributed by atoms with Gasteiger partial charge in [-0.3, -0.25) is 10.1 Å². The van der Waals surface area contributed by atoms with E-state index in [1.165, 1.54) is 6.33 Å². The Bertz CT molecular complexity index is 536. The number of hydrogen-bond acceptors (Lipinski definition) is 8. The molecule has 1 aromatic rings. The average molecular weight is 296 g/mol. The number of nitrogens with zero attached hydrogens (tertiary/aromatic N) is 3. The number of rotatable bonds is 6. The fourth-order valence-corrected chi connectivity index (χ4v) is 2.54. The molecule has 0 bridgehead atoms. The van der Waals surface area contributed by atoms with Crippen LogP contribution in [0.4, 0.5) is 17.3 Å². The number of nitrogens with two attached hydrogens (primary N) is 1. The number of nitro groups is 1. The van der Waals surface area contributed by atoms with Crippen molar-refractivity contribution >= 4 is 17.3 Å². The summed E-state index contributed by atoms with van der Waals surface area (Å²) in [6, 6.07) is 0.0354. The lowest BCUT2D eigenvalue weighted by Crippen LogP contribution is -2.58. The summed E-state index contributed by atoms with van der Waals surface area (Å²) in [7, 11) is 0. The Morgan fingerprint density at radius 2 is 2.19 bits per heavy atom. The van der Waals surface area contributed by atoms with E-state index in [1.807, 2.05) is 6.92 Å². The van der Waals surface area contributed by atoms with Gasteiger partial charge in [0.25, 0.3) is 0 Å². The SMILES string of the molecule is CCOC1CC(Nc2ncnc(NN)c2[N+](=O)[O-])C1(C)C. The van der Waals surface area contributed by atoms with Crippen LogP contribution in [-0.2, 0) is 4.74 Å². The van der Waals surface area contributed by atoms with Crippen LogP contribution < -0.4 is 16.6 Å². The normalized spacial score (nSPS) is 23.2. The number of ether oxygens (including phenoxy) is 1. The van der Waals surface area contributed by atoms with Crippen LogP contribution in [-0.4, -0.2) is 33.6 Å². The summed E-state index contributed by atoms with van der Waals surface area (Å²) < 4.78 is 5.64. The van der Waals surface area contributed by atoms with Gasteiger partial charge in [-0.05, 0) is 13.3 Å². The van der Waals surface area contributed by atoms with Gasteiger partial charge in [0, 0.05) is 18.1 Å². The highest BCUT2D eigenvalue weighted by atomic mass is 16.6. The van der Waals surface area contributed by atoms with E-state index in [2.05, 4.69) is 34.6 Å². The molecule has 0 aliphatic heterocycles. The fourth-order valence-electron chi connectivity index (χ4n) is 2.54. The van der Waals surface area contributed by atoms with Crippen molar-refractivity contribution < 1.29 is 9.66 Å². The Kier molecular flexibility index (Phi) is 4.24. The summed E-state index contributed by atoms with van der Waals surface area (Å²) in [4.78, 5) is 18.4. The molecule has 116 valence electrons. The van der Waals surface area contributed by atoms with Crippen molar-refractivity contribution in [1.29, 1.82) is 0 Å². The molecule has 9 heteroatoms. The third-order valence-electron chi connectivity index (χ3n) is 4.00. The quantitative estimate of drug-likeness (QED) is 0.407. The van der Waals surface area contributed by atoms with E-state index in [9.17, 15) is 10.1 Å². The van der Waals surface area contributed by atoms with Gasteiger partial charge in [-0.25, -0.2) is 15.8 Å². The largest absolute Gasteiger partial charge is 0.378 e. The standard InChI is InChI=1S/C12H20N6O3/c1-4-21-8-5-7(12(8,2)3)16-10-9(18(19)20)11(17-13)15-6-14-10/h6-8H,4-5,13H2,1-3H3,(H2,14,15,16,17). The van der Waals surface area contributed by atoms with Crippen LogP contribution in [0, 0.1) is 15.5 Å². The third kappa shape index (κ3) is 2.74. The first-order chi connectivity index (χ1) is 9.91. The topological polar surface area (TPSA) is 128 Å². The molecular formula is C12H20N6O3. The van der Waals surface area contributed by atoms with Crippen LogP contribution in [0.1, 0.15) is 27.2 Å². The molecule has 1 saturated carbocycles. The van der Waals surface area contributed by atoms with Gasteiger partial charge in [-0.2, -0.15) is 0 Å². The van der Waals surface area contributed by atoms with Crippen molar-refractivity contribution in [1.82, 2.24) is 9.97 Å². The summed E-state index contributed by atoms with van der Waals surface area (Å²) in [6.07, 6.45) is 2.14. The number of nitrogens with one attached hydrogen (secondary N) is 2. The molecule has 0 radical (unpaired) electrons. The lowest BCUT2D eigenvalue weighted by molar-refractivity contribution is -0.383. The van der Waals surface area contributed by atoms with E-state index in [-0.39, 0.29) is 34.9 Å². The van der Waals surface area contributed by atoms with E-state index in [1.54, 1.807) is 0 Å². The zero-order chi connectivity index (χ0) is 15.6. The maximum atomic E-state index is 11.2. The summed E-state index contributed by atoms with van der Waals surface area (Å²) in [5.41, 5.74) is 1.83. The number of nitrogen functional groups attached to an aromatic ring is 1. The second-order valence-corrected chi connectivity index (χ2v) is 5.52. The Morgan fingerprint density at radius 1 is 1.52 bits per heavy atom. The molecule has 1 aliphatic rings. The van der Waals surface area contributed by atoms with Gasteiger partial charge in [0.05, 0.1) is 11.0 Å². The fraction of sp³-hybridized carbons (Fsp3) is 0.667. The molecule has 2 unspecified atom stereocenters. The molecule has 1 heterocycles. The highest BCUT2D eigenvalue weighted by Gasteiger charge is 2.49. The molecule has 0 aromatic carbocycles. The van der Waals surface area contributed by atoms with E-state index < -0.39 is 4.92 Å². The number of hydrazine groups is 1. The molecule has 0 spiro atoms. The van der Waals surface area contributed by atoms with Gasteiger partial charge in [0.15, 0.2) is 0 Å². The molecule has 1 aliphatic carbocycles. The maximum absolute atomic E-state index is 11.2. The summed E-state index contributed by atoms with van der Waals surface area (Å²) in [5, 5.41) is 14.3. The number of anilines is 2. The monoisotopic (exact) mass is 296 g/mol. The zero-order valence-electron chi connectivity index (χ0n) is 12.3. The minimum absolute atomic E-state index is 0.0176. The third-order valence-corrected chi connectivity index (χ3v) is 4.00. The molecule has 1 fully saturated rings. The minimum atomic E-state index is -0.552. The van der Waals surface area contributed by atoms with Crippen molar-refractivity contribution in [2.45, 2.75) is 39.3 Å². The predicted octanol–water partition coefficient (Wildman–Crippen LogP) is 1.29. The molecule has 2 rings (SSSR count). The number of hydrogen-bond donors (Lipinski definition) is 3. The van der Waals surface area contributed by atoms with E-state index >= 15 is 0 Å². The van der Waals surface area contributed by atoms with Crippen molar-refractivity contribution in [2.75, 3.05) is 17.3 Å². The van der Waals surface area contributed by atoms with Gasteiger partial charge in [-0.1, -0.05) is 13.8 Å². The average Bonchev–Trinajstić information content (AvgIpc) is 2.45. The summed E-state index contributed by atoms with van der Waals surface area (Å²) in [5.74, 6) is 5.40. The lowest BCUT2D eigenvalue weighted by atomic mass is 9.64. The highest BCUT2D eigenvalue weighted by molar-refractivity contribution is 5.69. The molecule has 21 heavy (non-hydrogen) atoms. The highest BCUT2D eigenvalue weighted by Crippen LogP contribution is 2.45. The van der Waals surface area contributed by atoms with E-state index in [0.29, 0.717) is 6.61 Å². The Labute approximate surface area is 122 Å². The Hall–Kier alpha value is -2.00. The van der Waals surface area contributed by atoms with Gasteiger partial charge < -0.3 is 15.5 Å². The van der Waals surface area contributed by atoms with Gasteiger partial charge >= 0.3 is 5.69 Å². The van der Waals surface area contributed by atoms with Gasteiger partial charge in [-0.15, -0.1) is 0 Å². The zero-order valence-corrected chi connectivity index (χ0v) is 12.3. The van der Waals surface area contributed by atoms with E-state index in [0.717, 1.165) is 6.42 Å². The summed E-state index contributed by atoms with van der Waals surface area (Å²) >= 11 is 0. The van der Waals surface area contributed by atoms with Crippen molar-refractivity contribution in [3.63, 3.8) is 0 Å². The Morgan fingerprint density at radius 3 is 2.71 bits per heavy atom. The summed E-state index contributed by atoms with van der Waals surface area (Å²) in [6.45, 7) is 6.72. The second-order valence-electron chi connectivity index (χ2n) is 5.52. The van der Waals surface area contributed by atoms with Gasteiger partial charge in [0.2, 0.25) is 11.6 Å². The molecule has 4 N–H and O–H groups in total. The first-order valence-corrected chi connectivity index (χ1v) is 6.76. The smallest absolute Gasteiger partial charge is 0.354 e. The van der Waals surface area contributed by atoms with Gasteiger partial charge in [0.1, 0.15) is 6.33 Å². The first-order valence-electron chi connectivity index (χ1n) is 6.76. The molecule has 1 aromatic heterocycles. The molecular weight excluding hydrogens is 276 g/mol. The first kappa shape index (κ1) is 15.4. The van der Waals surface area contributed by atoms with Crippen molar-refractivity contribution in [3.8, 4) is 0 Å². The van der Waals surface area contributed by atoms with Crippen LogP contribution in [0.2, 0.25) is 0 Å². The number of aromatic nitrogens is 2. The van der Waals surface area contributed by atoms with E-state index in [4.69, 9.17) is 10.6 Å². The molecule has 2 atom stereocenters. The van der Waals surface area contributed by atoms with Crippen LogP contribution in [0.3, 0.4) is 0 Å². The van der Waals surface area contributed by atoms with Crippen LogP contribution >= 0.6 is 0 Å². The van der Waals surface area contributed by atoms with Crippen LogP contribution in [0.25, 0.3) is 0 Å². The molecule has 0 saturated heterocycles. The van der Waals surface area contributed by atoms with Crippen molar-refractivity contribution in [2.24, 2.45) is 11.3 Å². The maximum Gasteiger partial charge on any atom is 0.354 e. The minimum Gasteiger partial charge on any atom is -0.378 e. The van der Waals surface area contributed by atoms with Crippen LogP contribution in [0.5, 0.6) is 0 Å². The lowest BCUT2D eigenvalue weighted by Gasteiger charge is -2.51. The molecule has 0 amide bonds.